The Balaban J connectivity index is 1.52. The van der Waals surface area contributed by atoms with Gasteiger partial charge in [-0.3, -0.25) is 0 Å². The molecule has 104 valence electrons. The van der Waals surface area contributed by atoms with E-state index in [4.69, 9.17) is 0 Å². The molecule has 2 saturated heterocycles. The van der Waals surface area contributed by atoms with E-state index in [0.717, 1.165) is 5.92 Å². The molecule has 2 aliphatic heterocycles. The molecule has 0 radical (unpaired) electrons. The van der Waals surface area contributed by atoms with Gasteiger partial charge in [-0.2, -0.15) is 0 Å². The summed E-state index contributed by atoms with van der Waals surface area (Å²) in [7, 11) is 0. The molecule has 0 aliphatic carbocycles. The second kappa shape index (κ2) is 5.64. The van der Waals surface area contributed by atoms with Gasteiger partial charge in [-0.25, -0.2) is 0 Å². The summed E-state index contributed by atoms with van der Waals surface area (Å²) in [6.07, 6.45) is 3.99. The molecule has 19 heavy (non-hydrogen) atoms. The third-order valence-electron chi connectivity index (χ3n) is 4.92. The van der Waals surface area contributed by atoms with Gasteiger partial charge in [0.25, 0.3) is 0 Å². The van der Waals surface area contributed by atoms with Gasteiger partial charge in [-0.1, -0.05) is 37.3 Å². The van der Waals surface area contributed by atoms with Crippen LogP contribution >= 0.6 is 0 Å². The van der Waals surface area contributed by atoms with Crippen molar-refractivity contribution in [1.82, 2.24) is 10.2 Å². The van der Waals surface area contributed by atoms with Gasteiger partial charge >= 0.3 is 0 Å². The Morgan fingerprint density at radius 1 is 1.21 bits per heavy atom. The zero-order valence-corrected chi connectivity index (χ0v) is 12.1. The highest BCUT2D eigenvalue weighted by Gasteiger charge is 2.32. The predicted octanol–water partition coefficient (Wildman–Crippen LogP) is 2.87. The third-order valence-corrected chi connectivity index (χ3v) is 4.92. The first-order valence-corrected chi connectivity index (χ1v) is 7.73. The Morgan fingerprint density at radius 3 is 2.58 bits per heavy atom. The van der Waals surface area contributed by atoms with Crippen molar-refractivity contribution in [3.05, 3.63) is 35.9 Å². The van der Waals surface area contributed by atoms with Crippen LogP contribution in [-0.2, 0) is 0 Å². The Hall–Kier alpha value is -0.860. The van der Waals surface area contributed by atoms with Crippen LogP contribution in [0.4, 0.5) is 0 Å². The topological polar surface area (TPSA) is 15.3 Å². The number of hydrogen-bond acceptors (Lipinski definition) is 2. The van der Waals surface area contributed by atoms with Gasteiger partial charge in [0.1, 0.15) is 0 Å². The molecule has 2 aliphatic rings. The second-order valence-corrected chi connectivity index (χ2v) is 6.70. The fourth-order valence-corrected chi connectivity index (χ4v) is 3.69. The number of benzene rings is 1. The Bertz CT molecular complexity index is 387. The minimum Gasteiger partial charge on any atom is -0.316 e. The fourth-order valence-electron chi connectivity index (χ4n) is 3.69. The molecule has 1 unspecified atom stereocenters. The van der Waals surface area contributed by atoms with Crippen LogP contribution in [0.25, 0.3) is 0 Å². The SMILES string of the molecule is CC1(CN2CCC(c3ccccc3)CC2)CCNC1. The Kier molecular flexibility index (Phi) is 3.90. The lowest BCUT2D eigenvalue weighted by molar-refractivity contribution is 0.144. The van der Waals surface area contributed by atoms with Gasteiger partial charge in [0, 0.05) is 13.1 Å². The van der Waals surface area contributed by atoms with E-state index in [-0.39, 0.29) is 0 Å². The number of likely N-dealkylation sites (tertiary alicyclic amines) is 1. The molecule has 0 amide bonds. The minimum atomic E-state index is 0.513. The summed E-state index contributed by atoms with van der Waals surface area (Å²) in [6.45, 7) is 8.67. The maximum absolute atomic E-state index is 3.51. The maximum Gasteiger partial charge on any atom is 0.00480 e. The lowest BCUT2D eigenvalue weighted by Crippen LogP contribution is -2.41. The summed E-state index contributed by atoms with van der Waals surface area (Å²) in [5, 5.41) is 3.51. The summed E-state index contributed by atoms with van der Waals surface area (Å²) in [5.74, 6) is 0.784. The smallest absolute Gasteiger partial charge is 0.00480 e. The summed E-state index contributed by atoms with van der Waals surface area (Å²) in [5.41, 5.74) is 2.05. The van der Waals surface area contributed by atoms with E-state index >= 15 is 0 Å². The molecule has 1 aromatic carbocycles. The van der Waals surface area contributed by atoms with E-state index in [9.17, 15) is 0 Å². The predicted molar refractivity (Wildman–Crippen MR) is 80.5 cm³/mol. The van der Waals surface area contributed by atoms with E-state index in [2.05, 4.69) is 47.5 Å². The average molecular weight is 258 g/mol. The Labute approximate surface area is 117 Å². The van der Waals surface area contributed by atoms with Crippen molar-refractivity contribution >= 4 is 0 Å². The third kappa shape index (κ3) is 3.18. The van der Waals surface area contributed by atoms with Crippen molar-refractivity contribution in [2.45, 2.75) is 32.1 Å². The molecule has 2 heterocycles. The molecule has 3 rings (SSSR count). The Morgan fingerprint density at radius 2 is 1.95 bits per heavy atom. The molecule has 2 heteroatoms. The monoisotopic (exact) mass is 258 g/mol. The van der Waals surface area contributed by atoms with Crippen molar-refractivity contribution in [2.24, 2.45) is 5.41 Å². The first-order valence-electron chi connectivity index (χ1n) is 7.73. The first kappa shape index (κ1) is 13.1. The highest BCUT2D eigenvalue weighted by molar-refractivity contribution is 5.20. The van der Waals surface area contributed by atoms with Crippen LogP contribution in [0.3, 0.4) is 0 Å². The highest BCUT2D eigenvalue weighted by Crippen LogP contribution is 2.31. The molecule has 2 fully saturated rings. The van der Waals surface area contributed by atoms with E-state index < -0.39 is 0 Å². The number of rotatable bonds is 3. The summed E-state index contributed by atoms with van der Waals surface area (Å²) in [4.78, 5) is 2.69. The van der Waals surface area contributed by atoms with Crippen LogP contribution in [0, 0.1) is 5.41 Å². The van der Waals surface area contributed by atoms with Gasteiger partial charge in [0.15, 0.2) is 0 Å². The van der Waals surface area contributed by atoms with Crippen LogP contribution in [0.1, 0.15) is 37.7 Å². The van der Waals surface area contributed by atoms with E-state index in [1.165, 1.54) is 57.5 Å². The van der Waals surface area contributed by atoms with E-state index in [0.29, 0.717) is 5.41 Å². The van der Waals surface area contributed by atoms with Crippen LogP contribution in [0.5, 0.6) is 0 Å². The largest absolute Gasteiger partial charge is 0.316 e. The highest BCUT2D eigenvalue weighted by atomic mass is 15.1. The quantitative estimate of drug-likeness (QED) is 0.897. The fraction of sp³-hybridized carbons (Fsp3) is 0.647. The number of piperidine rings is 1. The van der Waals surface area contributed by atoms with Crippen LogP contribution < -0.4 is 5.32 Å². The molecule has 1 N–H and O–H groups in total. The average Bonchev–Trinajstić information content (AvgIpc) is 2.87. The maximum atomic E-state index is 3.51. The summed E-state index contributed by atoms with van der Waals surface area (Å²) in [6, 6.07) is 11.1. The molecular weight excluding hydrogens is 232 g/mol. The normalized spacial score (nSPS) is 29.7. The van der Waals surface area contributed by atoms with Gasteiger partial charge in [-0.05, 0) is 55.8 Å². The molecule has 2 nitrogen and oxygen atoms in total. The zero-order chi connectivity index (χ0) is 13.1. The van der Waals surface area contributed by atoms with Gasteiger partial charge in [0.2, 0.25) is 0 Å². The molecule has 0 spiro atoms. The lowest BCUT2D eigenvalue weighted by Gasteiger charge is -2.37. The van der Waals surface area contributed by atoms with Crippen LogP contribution in [-0.4, -0.2) is 37.6 Å². The van der Waals surface area contributed by atoms with Crippen molar-refractivity contribution in [1.29, 1.82) is 0 Å². The summed E-state index contributed by atoms with van der Waals surface area (Å²) < 4.78 is 0. The van der Waals surface area contributed by atoms with Crippen molar-refractivity contribution in [3.8, 4) is 0 Å². The van der Waals surface area contributed by atoms with Crippen LogP contribution in [0.15, 0.2) is 30.3 Å². The van der Waals surface area contributed by atoms with Crippen molar-refractivity contribution in [3.63, 3.8) is 0 Å². The molecule has 0 bridgehead atoms. The number of nitrogens with one attached hydrogen (secondary N) is 1. The standard InChI is InChI=1S/C17H26N2/c1-17(9-10-18-13-17)14-19-11-7-16(8-12-19)15-5-3-2-4-6-15/h2-6,16,18H,7-14H2,1H3. The molecule has 1 aromatic rings. The molecule has 0 aromatic heterocycles. The minimum absolute atomic E-state index is 0.513. The van der Waals surface area contributed by atoms with E-state index in [1.807, 2.05) is 0 Å². The number of hydrogen-bond donors (Lipinski definition) is 1. The van der Waals surface area contributed by atoms with Crippen LogP contribution in [0.2, 0.25) is 0 Å². The zero-order valence-electron chi connectivity index (χ0n) is 12.1. The molecular formula is C17H26N2. The van der Waals surface area contributed by atoms with Gasteiger partial charge < -0.3 is 10.2 Å². The lowest BCUT2D eigenvalue weighted by atomic mass is 9.86. The van der Waals surface area contributed by atoms with Gasteiger partial charge in [0.05, 0.1) is 0 Å². The van der Waals surface area contributed by atoms with Crippen molar-refractivity contribution in [2.75, 3.05) is 32.7 Å². The number of nitrogens with zero attached hydrogens (tertiary/aromatic N) is 1. The summed E-state index contributed by atoms with van der Waals surface area (Å²) >= 11 is 0. The molecule has 1 atom stereocenters. The van der Waals surface area contributed by atoms with Crippen molar-refractivity contribution < 1.29 is 0 Å². The van der Waals surface area contributed by atoms with Gasteiger partial charge in [-0.15, -0.1) is 0 Å². The molecule has 0 saturated carbocycles. The second-order valence-electron chi connectivity index (χ2n) is 6.70. The van der Waals surface area contributed by atoms with E-state index in [1.54, 1.807) is 0 Å². The first-order chi connectivity index (χ1) is 9.25.